The van der Waals surface area contributed by atoms with Crippen molar-refractivity contribution in [2.45, 2.75) is 64.4 Å². The summed E-state index contributed by atoms with van der Waals surface area (Å²) >= 11 is 0. The quantitative estimate of drug-likeness (QED) is 0.420. The van der Waals surface area contributed by atoms with Crippen LogP contribution < -0.4 is 10.5 Å². The van der Waals surface area contributed by atoms with E-state index in [4.69, 9.17) is 10.5 Å². The Kier molecular flexibility index (Phi) is 8.77. The average Bonchev–Trinajstić information content (AvgIpc) is 3.30. The minimum atomic E-state index is -4.23. The third-order valence-electron chi connectivity index (χ3n) is 8.41. The lowest BCUT2D eigenvalue weighted by Crippen LogP contribution is -2.52. The highest BCUT2D eigenvalue weighted by Gasteiger charge is 2.48. The molecule has 2 fully saturated rings. The van der Waals surface area contributed by atoms with Gasteiger partial charge in [0.05, 0.1) is 29.5 Å². The van der Waals surface area contributed by atoms with Crippen LogP contribution in [0.3, 0.4) is 0 Å². The number of aromatic nitrogens is 1. The second kappa shape index (κ2) is 11.6. The van der Waals surface area contributed by atoms with E-state index in [0.717, 1.165) is 12.8 Å². The number of aliphatic hydroxyl groups is 1. The summed E-state index contributed by atoms with van der Waals surface area (Å²) in [6, 6.07) is 7.91. The number of pyridine rings is 1. The summed E-state index contributed by atoms with van der Waals surface area (Å²) in [6.07, 6.45) is -1.30. The molecule has 4 rings (SSSR count). The largest absolute Gasteiger partial charge is 0.492 e. The number of primary amides is 1. The maximum atomic E-state index is 15.1. The molecule has 1 aromatic carbocycles. The van der Waals surface area contributed by atoms with Crippen molar-refractivity contribution in [1.82, 2.24) is 14.8 Å². The Morgan fingerprint density at radius 3 is 2.48 bits per heavy atom. The van der Waals surface area contributed by atoms with Crippen molar-refractivity contribution >= 4 is 5.91 Å². The third kappa shape index (κ3) is 6.42. The van der Waals surface area contributed by atoms with E-state index in [1.165, 1.54) is 30.9 Å². The number of halogens is 4. The molecule has 3 heterocycles. The smallest absolute Gasteiger partial charge is 0.395 e. The molecule has 0 radical (unpaired) electrons. The van der Waals surface area contributed by atoms with E-state index in [2.05, 4.69) is 4.98 Å². The van der Waals surface area contributed by atoms with Crippen LogP contribution in [0.2, 0.25) is 0 Å². The summed E-state index contributed by atoms with van der Waals surface area (Å²) < 4.78 is 60.5. The van der Waals surface area contributed by atoms with Crippen LogP contribution >= 0.6 is 0 Å². The topological polar surface area (TPSA) is 91.9 Å². The van der Waals surface area contributed by atoms with Gasteiger partial charge in [-0.1, -0.05) is 12.1 Å². The monoisotopic (exact) mass is 566 g/mol. The predicted molar refractivity (Wildman–Crippen MR) is 143 cm³/mol. The van der Waals surface area contributed by atoms with Gasteiger partial charge in [-0.2, -0.15) is 13.2 Å². The van der Waals surface area contributed by atoms with E-state index in [9.17, 15) is 23.1 Å². The summed E-state index contributed by atoms with van der Waals surface area (Å²) in [4.78, 5) is 19.8. The van der Waals surface area contributed by atoms with Gasteiger partial charge in [-0.25, -0.2) is 4.39 Å². The molecule has 2 saturated heterocycles. The summed E-state index contributed by atoms with van der Waals surface area (Å²) in [6.45, 7) is 6.19. The molecule has 2 atom stereocenters. The van der Waals surface area contributed by atoms with E-state index in [0.29, 0.717) is 56.1 Å². The SMILES string of the molecule is CC(C)(CN1CCC(COc2ccc(-c3ccc(C(O)N4CCC[C@@]4(C)C(N)=O)c(F)c3)nc2)CC1)C(F)(F)F. The number of aliphatic hydroxyl groups excluding tert-OH is 1. The number of rotatable bonds is 9. The second-order valence-corrected chi connectivity index (χ2v) is 11.8. The first-order valence-electron chi connectivity index (χ1n) is 13.6. The molecular weight excluding hydrogens is 528 g/mol. The first kappa shape index (κ1) is 30.2. The van der Waals surface area contributed by atoms with E-state index in [-0.39, 0.29) is 18.0 Å². The molecule has 0 bridgehead atoms. The van der Waals surface area contributed by atoms with Crippen LogP contribution in [-0.2, 0) is 4.79 Å². The Hall–Kier alpha value is -2.76. The van der Waals surface area contributed by atoms with Gasteiger partial charge in [-0.05, 0) is 83.7 Å². The third-order valence-corrected chi connectivity index (χ3v) is 8.41. The minimum Gasteiger partial charge on any atom is -0.492 e. The molecule has 2 aliphatic heterocycles. The number of alkyl halides is 3. The number of nitrogens with zero attached hydrogens (tertiary/aromatic N) is 3. The van der Waals surface area contributed by atoms with Crippen LogP contribution in [-0.4, -0.2) is 70.3 Å². The zero-order chi connectivity index (χ0) is 29.3. The summed E-state index contributed by atoms with van der Waals surface area (Å²) in [7, 11) is 0. The highest BCUT2D eigenvalue weighted by molar-refractivity contribution is 5.84. The van der Waals surface area contributed by atoms with E-state index in [1.54, 1.807) is 31.3 Å². The van der Waals surface area contributed by atoms with Crippen LogP contribution in [0.15, 0.2) is 36.5 Å². The fraction of sp³-hybridized carbons (Fsp3) is 0.586. The normalized spacial score (nSPS) is 22.4. The number of hydrogen-bond acceptors (Lipinski definition) is 6. The van der Waals surface area contributed by atoms with Gasteiger partial charge in [0, 0.05) is 24.2 Å². The van der Waals surface area contributed by atoms with Gasteiger partial charge in [0.15, 0.2) is 0 Å². The number of piperidine rings is 1. The summed E-state index contributed by atoms with van der Waals surface area (Å²) in [5.74, 6) is -0.375. The number of benzene rings is 1. The fourth-order valence-corrected chi connectivity index (χ4v) is 5.52. The number of carbonyl (C=O) groups excluding carboxylic acids is 1. The first-order valence-corrected chi connectivity index (χ1v) is 13.6. The van der Waals surface area contributed by atoms with Gasteiger partial charge < -0.3 is 20.5 Å². The highest BCUT2D eigenvalue weighted by atomic mass is 19.4. The lowest BCUT2D eigenvalue weighted by Gasteiger charge is -2.38. The molecule has 220 valence electrons. The van der Waals surface area contributed by atoms with Gasteiger partial charge in [0.1, 0.15) is 17.8 Å². The lowest BCUT2D eigenvalue weighted by atomic mass is 9.89. The number of nitrogens with two attached hydrogens (primary N) is 1. The van der Waals surface area contributed by atoms with Crippen molar-refractivity contribution in [2.24, 2.45) is 17.1 Å². The van der Waals surface area contributed by atoms with Crippen LogP contribution in [0.25, 0.3) is 11.3 Å². The number of hydrogen-bond donors (Lipinski definition) is 2. The Morgan fingerprint density at radius 1 is 1.20 bits per heavy atom. The molecule has 7 nitrogen and oxygen atoms in total. The van der Waals surface area contributed by atoms with Crippen LogP contribution in [0, 0.1) is 17.2 Å². The molecular formula is C29H38F4N4O3. The van der Waals surface area contributed by atoms with Crippen LogP contribution in [0.5, 0.6) is 5.75 Å². The molecule has 2 aliphatic rings. The molecule has 0 aliphatic carbocycles. The highest BCUT2D eigenvalue weighted by Crippen LogP contribution is 2.39. The van der Waals surface area contributed by atoms with E-state index in [1.807, 2.05) is 4.90 Å². The zero-order valence-corrected chi connectivity index (χ0v) is 23.2. The van der Waals surface area contributed by atoms with Crippen LogP contribution in [0.4, 0.5) is 17.6 Å². The van der Waals surface area contributed by atoms with Crippen molar-refractivity contribution in [3.63, 3.8) is 0 Å². The fourth-order valence-electron chi connectivity index (χ4n) is 5.52. The zero-order valence-electron chi connectivity index (χ0n) is 23.2. The lowest BCUT2D eigenvalue weighted by molar-refractivity contribution is -0.217. The summed E-state index contributed by atoms with van der Waals surface area (Å²) in [5, 5.41) is 10.8. The van der Waals surface area contributed by atoms with Gasteiger partial charge in [-0.15, -0.1) is 0 Å². The van der Waals surface area contributed by atoms with E-state index >= 15 is 4.39 Å². The van der Waals surface area contributed by atoms with Crippen molar-refractivity contribution in [1.29, 1.82) is 0 Å². The second-order valence-electron chi connectivity index (χ2n) is 11.8. The molecule has 2 aromatic rings. The Bertz CT molecular complexity index is 1180. The molecule has 1 unspecified atom stereocenters. The summed E-state index contributed by atoms with van der Waals surface area (Å²) in [5.41, 5.74) is 3.88. The van der Waals surface area contributed by atoms with Gasteiger partial charge in [-0.3, -0.25) is 14.7 Å². The minimum absolute atomic E-state index is 0.0129. The number of ether oxygens (including phenoxy) is 1. The predicted octanol–water partition coefficient (Wildman–Crippen LogP) is 4.90. The van der Waals surface area contributed by atoms with Crippen molar-refractivity contribution in [3.05, 3.63) is 47.9 Å². The Labute approximate surface area is 232 Å². The van der Waals surface area contributed by atoms with Crippen molar-refractivity contribution < 1.29 is 32.2 Å². The molecule has 40 heavy (non-hydrogen) atoms. The Balaban J connectivity index is 1.31. The Morgan fingerprint density at radius 2 is 1.90 bits per heavy atom. The number of amides is 1. The molecule has 0 saturated carbocycles. The van der Waals surface area contributed by atoms with E-state index < -0.39 is 35.1 Å². The van der Waals surface area contributed by atoms with Gasteiger partial charge in [0.2, 0.25) is 5.91 Å². The maximum Gasteiger partial charge on any atom is 0.395 e. The molecule has 1 aromatic heterocycles. The van der Waals surface area contributed by atoms with Crippen molar-refractivity contribution in [3.8, 4) is 17.0 Å². The molecule has 11 heteroatoms. The van der Waals surface area contributed by atoms with Gasteiger partial charge >= 0.3 is 6.18 Å². The number of likely N-dealkylation sites (tertiary alicyclic amines) is 2. The standard InChI is InChI=1S/C29H38F4N4O3/c1-27(2,29(31,32)33)18-36-13-9-19(10-14-36)17-40-21-6-8-24(35-16-21)20-5-7-22(23(30)15-20)25(38)37-12-4-11-28(37,3)26(34)39/h5-8,15-16,19,25,38H,4,9-14,17-18H2,1-3H3,(H2,34,39)/t25?,28-/m0/s1. The van der Waals surface area contributed by atoms with Crippen molar-refractivity contribution in [2.75, 3.05) is 32.8 Å². The van der Waals surface area contributed by atoms with Gasteiger partial charge in [0.25, 0.3) is 0 Å². The average molecular weight is 567 g/mol. The maximum absolute atomic E-state index is 15.1. The molecule has 3 N–H and O–H groups in total. The molecule has 1 amide bonds. The number of carbonyl (C=O) groups is 1. The van der Waals surface area contributed by atoms with Crippen LogP contribution in [0.1, 0.15) is 58.2 Å². The first-order chi connectivity index (χ1) is 18.7. The molecule has 0 spiro atoms.